The van der Waals surface area contributed by atoms with Crippen LogP contribution in [0.4, 0.5) is 0 Å². The number of hydrogen-bond donors (Lipinski definition) is 6. The van der Waals surface area contributed by atoms with Gasteiger partial charge in [-0.2, -0.15) is 0 Å². The van der Waals surface area contributed by atoms with E-state index in [1.165, 1.54) is 36.0 Å². The number of phenolic OH excluding ortho intramolecular Hbond substituents is 4. The fourth-order valence-corrected chi connectivity index (χ4v) is 4.06. The van der Waals surface area contributed by atoms with Crippen LogP contribution in [0.15, 0.2) is 30.3 Å². The minimum atomic E-state index is -1.01. The summed E-state index contributed by atoms with van der Waals surface area (Å²) in [4.78, 5) is 0. The van der Waals surface area contributed by atoms with Gasteiger partial charge in [0.15, 0.2) is 17.6 Å². The molecule has 7 nitrogen and oxygen atoms in total. The quantitative estimate of drug-likeness (QED) is 0.444. The third-order valence-corrected chi connectivity index (χ3v) is 5.43. The largest absolute Gasteiger partial charge is 0.508 e. The summed E-state index contributed by atoms with van der Waals surface area (Å²) in [7, 11) is 0. The second kappa shape index (κ2) is 6.91. The number of phenols is 4. The van der Waals surface area contributed by atoms with Gasteiger partial charge < -0.3 is 36.0 Å². The highest BCUT2D eigenvalue weighted by atomic mass is 32.2. The van der Waals surface area contributed by atoms with Gasteiger partial charge in [0.1, 0.15) is 23.4 Å². The van der Waals surface area contributed by atoms with E-state index in [2.05, 4.69) is 5.73 Å². The normalized spacial score (nSPS) is 22.2. The van der Waals surface area contributed by atoms with E-state index >= 15 is 0 Å². The number of thioether (sulfide) groups is 1. The minimum Gasteiger partial charge on any atom is -0.508 e. The first kappa shape index (κ1) is 17.5. The van der Waals surface area contributed by atoms with Crippen LogP contribution in [-0.4, -0.2) is 43.9 Å². The van der Waals surface area contributed by atoms with Crippen molar-refractivity contribution in [1.82, 2.24) is 0 Å². The number of quaternary nitrogens is 1. The Balaban J connectivity index is 2.06. The predicted octanol–water partition coefficient (Wildman–Crippen LogP) is 1.02. The van der Waals surface area contributed by atoms with Crippen LogP contribution in [0.25, 0.3) is 0 Å². The predicted molar refractivity (Wildman–Crippen MR) is 91.9 cm³/mol. The summed E-state index contributed by atoms with van der Waals surface area (Å²) >= 11 is 1.43. The fourth-order valence-electron chi connectivity index (χ4n) is 2.89. The molecule has 0 saturated carbocycles. The lowest BCUT2D eigenvalue weighted by Gasteiger charge is -2.37. The summed E-state index contributed by atoms with van der Waals surface area (Å²) in [5.74, 6) is 0.0348. The highest BCUT2D eigenvalue weighted by Gasteiger charge is 2.40. The molecule has 8 heteroatoms. The SMILES string of the molecule is [NH3+]CCS[C@H]1c2c(O)cc(O)cc2O[C@H](c2ccc(O)c(O)c2)[C@@H]1O. The van der Waals surface area contributed by atoms with Crippen LogP contribution in [0, 0.1) is 0 Å². The van der Waals surface area contributed by atoms with Crippen molar-refractivity contribution in [1.29, 1.82) is 0 Å². The molecule has 0 bridgehead atoms. The number of benzene rings is 2. The number of aromatic hydroxyl groups is 4. The van der Waals surface area contributed by atoms with Gasteiger partial charge >= 0.3 is 0 Å². The molecule has 8 N–H and O–H groups in total. The molecule has 0 aromatic heterocycles. The van der Waals surface area contributed by atoms with Crippen LogP contribution in [0.1, 0.15) is 22.5 Å². The van der Waals surface area contributed by atoms with Crippen LogP contribution >= 0.6 is 11.8 Å². The maximum atomic E-state index is 10.8. The molecule has 2 aromatic rings. The van der Waals surface area contributed by atoms with Crippen molar-refractivity contribution < 1.29 is 36.0 Å². The molecule has 0 fully saturated rings. The first-order valence-electron chi connectivity index (χ1n) is 7.75. The first-order chi connectivity index (χ1) is 11.9. The summed E-state index contributed by atoms with van der Waals surface area (Å²) < 4.78 is 5.81. The van der Waals surface area contributed by atoms with Gasteiger partial charge in [0.2, 0.25) is 0 Å². The Kier molecular flexibility index (Phi) is 4.85. The number of aliphatic hydroxyl groups excluding tert-OH is 1. The Labute approximate surface area is 148 Å². The molecule has 0 aliphatic carbocycles. The minimum absolute atomic E-state index is 0.150. The van der Waals surface area contributed by atoms with E-state index in [4.69, 9.17) is 4.74 Å². The maximum Gasteiger partial charge on any atom is 0.157 e. The maximum absolute atomic E-state index is 10.8. The summed E-state index contributed by atoms with van der Waals surface area (Å²) in [6.07, 6.45) is -1.84. The van der Waals surface area contributed by atoms with Gasteiger partial charge in [-0.25, -0.2) is 0 Å². The van der Waals surface area contributed by atoms with Gasteiger partial charge in [-0.1, -0.05) is 6.07 Å². The number of hydrogen-bond acceptors (Lipinski definition) is 7. The van der Waals surface area contributed by atoms with E-state index in [0.29, 0.717) is 23.4 Å². The number of fused-ring (bicyclic) bond motifs is 1. The zero-order valence-corrected chi connectivity index (χ0v) is 14.1. The van der Waals surface area contributed by atoms with E-state index in [9.17, 15) is 25.5 Å². The number of ether oxygens (including phenoxy) is 1. The summed E-state index contributed by atoms with van der Waals surface area (Å²) in [6.45, 7) is 0.646. The molecule has 0 saturated heterocycles. The molecule has 0 radical (unpaired) electrons. The van der Waals surface area contributed by atoms with E-state index in [1.54, 1.807) is 6.07 Å². The lowest BCUT2D eigenvalue weighted by Crippen LogP contribution is -2.51. The van der Waals surface area contributed by atoms with Crippen LogP contribution in [-0.2, 0) is 0 Å². The Morgan fingerprint density at radius 2 is 1.76 bits per heavy atom. The van der Waals surface area contributed by atoms with Crippen molar-refractivity contribution in [3.05, 3.63) is 41.5 Å². The summed E-state index contributed by atoms with van der Waals surface area (Å²) in [5, 5.41) is 49.5. The molecule has 25 heavy (non-hydrogen) atoms. The first-order valence-corrected chi connectivity index (χ1v) is 8.80. The van der Waals surface area contributed by atoms with Crippen molar-refractivity contribution >= 4 is 11.8 Å². The second-order valence-corrected chi connectivity index (χ2v) is 7.05. The zero-order chi connectivity index (χ0) is 18.1. The Morgan fingerprint density at radius 1 is 1.00 bits per heavy atom. The van der Waals surface area contributed by atoms with Gasteiger partial charge in [0.25, 0.3) is 0 Å². The third kappa shape index (κ3) is 3.28. The summed E-state index contributed by atoms with van der Waals surface area (Å²) in [6, 6.07) is 6.76. The molecule has 1 aliphatic rings. The van der Waals surface area contributed by atoms with E-state index < -0.39 is 17.5 Å². The number of rotatable bonds is 4. The second-order valence-electron chi connectivity index (χ2n) is 5.80. The van der Waals surface area contributed by atoms with Gasteiger partial charge in [-0.15, -0.1) is 11.8 Å². The highest BCUT2D eigenvalue weighted by molar-refractivity contribution is 7.99. The average Bonchev–Trinajstić information content (AvgIpc) is 2.56. The van der Waals surface area contributed by atoms with Crippen LogP contribution in [0.2, 0.25) is 0 Å². The van der Waals surface area contributed by atoms with Crippen molar-refractivity contribution in [3.63, 3.8) is 0 Å². The molecule has 3 rings (SSSR count). The molecule has 2 aromatic carbocycles. The third-order valence-electron chi connectivity index (χ3n) is 4.03. The number of aliphatic hydroxyl groups is 1. The summed E-state index contributed by atoms with van der Waals surface area (Å²) in [5.41, 5.74) is 4.68. The molecule has 0 amide bonds. The zero-order valence-electron chi connectivity index (χ0n) is 13.3. The average molecular weight is 366 g/mol. The molecule has 0 spiro atoms. The monoisotopic (exact) mass is 366 g/mol. The van der Waals surface area contributed by atoms with Gasteiger partial charge in [0.05, 0.1) is 17.4 Å². The molecule has 134 valence electrons. The Morgan fingerprint density at radius 3 is 2.44 bits per heavy atom. The van der Waals surface area contributed by atoms with E-state index in [-0.39, 0.29) is 28.7 Å². The standard InChI is InChI=1S/C17H19NO6S/c18-3-4-25-17-14-12(22)6-9(19)7-13(14)24-16(15(17)23)8-1-2-10(20)11(21)5-8/h1-2,5-7,15-17,19-23H,3-4,18H2/p+1/t15-,16+,17-/m0/s1. The van der Waals surface area contributed by atoms with Crippen LogP contribution in [0.3, 0.4) is 0 Å². The fraction of sp³-hybridized carbons (Fsp3) is 0.294. The Bertz CT molecular complexity index is 784. The van der Waals surface area contributed by atoms with E-state index in [0.717, 1.165) is 0 Å². The Hall–Kier alpha value is -2.29. The molecule has 1 aliphatic heterocycles. The van der Waals surface area contributed by atoms with Gasteiger partial charge in [-0.3, -0.25) is 0 Å². The van der Waals surface area contributed by atoms with Crippen LogP contribution < -0.4 is 10.5 Å². The van der Waals surface area contributed by atoms with E-state index in [1.807, 2.05) is 0 Å². The van der Waals surface area contributed by atoms with Gasteiger partial charge in [0, 0.05) is 17.9 Å². The molecule has 0 unspecified atom stereocenters. The molecular weight excluding hydrogens is 346 g/mol. The van der Waals surface area contributed by atoms with Crippen molar-refractivity contribution in [2.24, 2.45) is 0 Å². The molecule has 1 heterocycles. The lowest BCUT2D eigenvalue weighted by molar-refractivity contribution is -0.360. The smallest absolute Gasteiger partial charge is 0.157 e. The van der Waals surface area contributed by atoms with Crippen molar-refractivity contribution in [3.8, 4) is 28.7 Å². The van der Waals surface area contributed by atoms with Crippen molar-refractivity contribution in [2.45, 2.75) is 17.5 Å². The molecular formula is C17H20NO6S+. The topological polar surface area (TPSA) is 138 Å². The molecule has 3 atom stereocenters. The highest BCUT2D eigenvalue weighted by Crippen LogP contribution is 2.52. The van der Waals surface area contributed by atoms with Gasteiger partial charge in [-0.05, 0) is 17.7 Å². The van der Waals surface area contributed by atoms with Crippen molar-refractivity contribution in [2.75, 3.05) is 12.3 Å². The lowest BCUT2D eigenvalue weighted by atomic mass is 9.93. The van der Waals surface area contributed by atoms with Crippen LogP contribution in [0.5, 0.6) is 28.7 Å².